The van der Waals surface area contributed by atoms with Gasteiger partial charge in [-0.2, -0.15) is 0 Å². The molecule has 10 rings (SSSR count). The minimum absolute atomic E-state index is 0.697. The summed E-state index contributed by atoms with van der Waals surface area (Å²) >= 11 is 0. The molecule has 0 bridgehead atoms. The summed E-state index contributed by atoms with van der Waals surface area (Å²) in [5, 5.41) is 4.54. The highest BCUT2D eigenvalue weighted by atomic mass is 16.3. The summed E-state index contributed by atoms with van der Waals surface area (Å²) in [5.41, 5.74) is 12.3. The van der Waals surface area contributed by atoms with Crippen LogP contribution in [0.3, 0.4) is 0 Å². The minimum Gasteiger partial charge on any atom is -0.456 e. The van der Waals surface area contributed by atoms with Crippen LogP contribution < -0.4 is 0 Å². The normalized spacial score (nSPS) is 11.6. The van der Waals surface area contributed by atoms with Gasteiger partial charge in [0.1, 0.15) is 11.2 Å². The maximum atomic E-state index is 6.18. The van der Waals surface area contributed by atoms with Crippen LogP contribution >= 0.6 is 0 Å². The van der Waals surface area contributed by atoms with Crippen molar-refractivity contribution in [3.8, 4) is 50.7 Å². The van der Waals surface area contributed by atoms with E-state index in [9.17, 15) is 0 Å². The zero-order valence-corrected chi connectivity index (χ0v) is 27.0. The van der Waals surface area contributed by atoms with Gasteiger partial charge < -0.3 is 8.98 Å². The van der Waals surface area contributed by atoms with Crippen molar-refractivity contribution >= 4 is 43.7 Å². The van der Waals surface area contributed by atoms with Crippen molar-refractivity contribution in [3.63, 3.8) is 0 Å². The lowest BCUT2D eigenvalue weighted by atomic mass is 10.00. The van der Waals surface area contributed by atoms with E-state index in [1.807, 2.05) is 36.4 Å². The van der Waals surface area contributed by atoms with E-state index in [0.717, 1.165) is 72.1 Å². The standard InChI is InChI=1S/C46H29N3O/c1-3-12-30(13-4-1)31-22-24-32(25-23-31)39-29-40(48-46(47-39)33-14-5-2-6-15-33)36-18-11-20-42-45(36)37-17-7-9-19-41(37)49(42)34-26-27-44-38(28-34)35-16-8-10-21-43(35)50-44/h1-29H. The Morgan fingerprint density at radius 1 is 0.400 bits per heavy atom. The van der Waals surface area contributed by atoms with Crippen molar-refractivity contribution in [2.75, 3.05) is 0 Å². The van der Waals surface area contributed by atoms with Gasteiger partial charge in [-0.1, -0.05) is 133 Å². The topological polar surface area (TPSA) is 43.9 Å². The summed E-state index contributed by atoms with van der Waals surface area (Å²) < 4.78 is 8.54. The largest absolute Gasteiger partial charge is 0.456 e. The van der Waals surface area contributed by atoms with Gasteiger partial charge in [-0.25, -0.2) is 9.97 Å². The Balaban J connectivity index is 1.19. The zero-order chi connectivity index (χ0) is 33.0. The molecular weight excluding hydrogens is 611 g/mol. The summed E-state index contributed by atoms with van der Waals surface area (Å²) in [6.07, 6.45) is 0. The second-order valence-corrected chi connectivity index (χ2v) is 12.6. The van der Waals surface area contributed by atoms with Crippen molar-refractivity contribution < 1.29 is 4.42 Å². The third-order valence-corrected chi connectivity index (χ3v) is 9.64. The molecule has 0 unspecified atom stereocenters. The summed E-state index contributed by atoms with van der Waals surface area (Å²) in [7, 11) is 0. The first-order chi connectivity index (χ1) is 24.8. The molecule has 10 aromatic rings. The van der Waals surface area contributed by atoms with Crippen LogP contribution in [0.1, 0.15) is 0 Å². The molecule has 0 amide bonds. The third-order valence-electron chi connectivity index (χ3n) is 9.64. The second kappa shape index (κ2) is 11.4. The summed E-state index contributed by atoms with van der Waals surface area (Å²) in [6, 6.07) is 61.4. The maximum Gasteiger partial charge on any atom is 0.160 e. The Kier molecular flexibility index (Phi) is 6.46. The van der Waals surface area contributed by atoms with E-state index in [2.05, 4.69) is 144 Å². The third kappa shape index (κ3) is 4.61. The molecule has 234 valence electrons. The minimum atomic E-state index is 0.697. The number of hydrogen-bond acceptors (Lipinski definition) is 3. The van der Waals surface area contributed by atoms with Crippen LogP contribution in [-0.2, 0) is 0 Å². The number of para-hydroxylation sites is 2. The monoisotopic (exact) mass is 639 g/mol. The van der Waals surface area contributed by atoms with Crippen LogP contribution in [0.4, 0.5) is 0 Å². The molecule has 0 aliphatic heterocycles. The number of furan rings is 1. The fraction of sp³-hybridized carbons (Fsp3) is 0. The number of nitrogens with zero attached hydrogens (tertiary/aromatic N) is 3. The van der Waals surface area contributed by atoms with E-state index < -0.39 is 0 Å². The van der Waals surface area contributed by atoms with E-state index in [1.165, 1.54) is 16.5 Å². The first-order valence-electron chi connectivity index (χ1n) is 16.8. The molecule has 7 aromatic carbocycles. The molecule has 0 saturated carbocycles. The average molecular weight is 640 g/mol. The molecule has 0 spiro atoms. The van der Waals surface area contributed by atoms with E-state index in [4.69, 9.17) is 14.4 Å². The Morgan fingerprint density at radius 2 is 1.02 bits per heavy atom. The Labute approximate surface area is 288 Å². The molecule has 0 saturated heterocycles. The second-order valence-electron chi connectivity index (χ2n) is 12.6. The molecule has 4 nitrogen and oxygen atoms in total. The van der Waals surface area contributed by atoms with Gasteiger partial charge in [-0.05, 0) is 53.6 Å². The van der Waals surface area contributed by atoms with Crippen LogP contribution in [0, 0.1) is 0 Å². The lowest BCUT2D eigenvalue weighted by molar-refractivity contribution is 0.669. The smallest absolute Gasteiger partial charge is 0.160 e. The van der Waals surface area contributed by atoms with Gasteiger partial charge in [0.2, 0.25) is 0 Å². The van der Waals surface area contributed by atoms with Crippen molar-refractivity contribution in [2.45, 2.75) is 0 Å². The summed E-state index contributed by atoms with van der Waals surface area (Å²) in [6.45, 7) is 0. The van der Waals surface area contributed by atoms with Gasteiger partial charge in [0.05, 0.1) is 22.4 Å². The van der Waals surface area contributed by atoms with Gasteiger partial charge in [0.15, 0.2) is 5.82 Å². The molecule has 0 atom stereocenters. The van der Waals surface area contributed by atoms with E-state index in [-0.39, 0.29) is 0 Å². The van der Waals surface area contributed by atoms with Crippen LogP contribution in [0.5, 0.6) is 0 Å². The maximum absolute atomic E-state index is 6.18. The number of fused-ring (bicyclic) bond motifs is 6. The molecule has 0 N–H and O–H groups in total. The van der Waals surface area contributed by atoms with Gasteiger partial charge in [0.25, 0.3) is 0 Å². The number of rotatable bonds is 5. The SMILES string of the molecule is c1ccc(-c2ccc(-c3cc(-c4cccc5c4c4ccccc4n5-c4ccc5oc6ccccc6c5c4)nc(-c4ccccc4)n3)cc2)cc1. The Morgan fingerprint density at radius 3 is 1.84 bits per heavy atom. The van der Waals surface area contributed by atoms with E-state index in [1.54, 1.807) is 0 Å². The Hall–Kier alpha value is -6.78. The first-order valence-corrected chi connectivity index (χ1v) is 16.8. The van der Waals surface area contributed by atoms with Crippen LogP contribution in [0.25, 0.3) is 94.5 Å². The van der Waals surface area contributed by atoms with Crippen molar-refractivity contribution in [2.24, 2.45) is 0 Å². The van der Waals surface area contributed by atoms with Crippen molar-refractivity contribution in [3.05, 3.63) is 176 Å². The predicted octanol–water partition coefficient (Wildman–Crippen LogP) is 12.1. The molecule has 50 heavy (non-hydrogen) atoms. The molecule has 4 heteroatoms. The quantitative estimate of drug-likeness (QED) is 0.188. The van der Waals surface area contributed by atoms with Gasteiger partial charge in [-0.3, -0.25) is 0 Å². The fourth-order valence-electron chi connectivity index (χ4n) is 7.28. The van der Waals surface area contributed by atoms with Crippen LogP contribution in [-0.4, -0.2) is 14.5 Å². The lowest BCUT2D eigenvalue weighted by Gasteiger charge is -2.12. The summed E-state index contributed by atoms with van der Waals surface area (Å²) in [5.74, 6) is 0.697. The van der Waals surface area contributed by atoms with E-state index in [0.29, 0.717) is 5.82 Å². The zero-order valence-electron chi connectivity index (χ0n) is 27.0. The highest BCUT2D eigenvalue weighted by Gasteiger charge is 2.19. The number of benzene rings is 7. The first kappa shape index (κ1) is 28.3. The molecule has 0 aliphatic carbocycles. The molecule has 0 aliphatic rings. The van der Waals surface area contributed by atoms with Crippen LogP contribution in [0.15, 0.2) is 180 Å². The van der Waals surface area contributed by atoms with Crippen LogP contribution in [0.2, 0.25) is 0 Å². The predicted molar refractivity (Wildman–Crippen MR) is 205 cm³/mol. The fourth-order valence-corrected chi connectivity index (χ4v) is 7.28. The van der Waals surface area contributed by atoms with Crippen molar-refractivity contribution in [1.82, 2.24) is 14.5 Å². The lowest BCUT2D eigenvalue weighted by Crippen LogP contribution is -1.97. The molecule has 0 radical (unpaired) electrons. The molecule has 3 heterocycles. The molecular formula is C46H29N3O. The van der Waals surface area contributed by atoms with E-state index >= 15 is 0 Å². The van der Waals surface area contributed by atoms with Gasteiger partial charge in [-0.15, -0.1) is 0 Å². The molecule has 0 fully saturated rings. The number of hydrogen-bond donors (Lipinski definition) is 0. The highest BCUT2D eigenvalue weighted by molar-refractivity contribution is 6.16. The Bertz CT molecular complexity index is 2850. The average Bonchev–Trinajstić information content (AvgIpc) is 3.74. The van der Waals surface area contributed by atoms with Crippen molar-refractivity contribution in [1.29, 1.82) is 0 Å². The molecule has 3 aromatic heterocycles. The number of aromatic nitrogens is 3. The van der Waals surface area contributed by atoms with Gasteiger partial charge >= 0.3 is 0 Å². The summed E-state index contributed by atoms with van der Waals surface area (Å²) in [4.78, 5) is 10.4. The highest BCUT2D eigenvalue weighted by Crippen LogP contribution is 2.40. The van der Waals surface area contributed by atoms with Gasteiger partial charge in [0, 0.05) is 43.9 Å².